The van der Waals surface area contributed by atoms with E-state index in [0.717, 1.165) is 206 Å². The van der Waals surface area contributed by atoms with Crippen LogP contribution in [0.15, 0.2) is 220 Å². The molecule has 2 saturated carbocycles. The van der Waals surface area contributed by atoms with E-state index in [1.54, 1.807) is 99.1 Å². The molecular weight excluding hydrogens is 1540 g/mol. The highest BCUT2D eigenvalue weighted by molar-refractivity contribution is 6.02. The molecule has 0 aliphatic heterocycles. The maximum Gasteiger partial charge on any atom is 0.227 e. The number of aromatic amines is 8. The second kappa shape index (κ2) is 33.4. The van der Waals surface area contributed by atoms with Crippen LogP contribution in [-0.2, 0) is 19.2 Å². The van der Waals surface area contributed by atoms with Gasteiger partial charge in [-0.25, -0.2) is 19.9 Å². The van der Waals surface area contributed by atoms with Crippen molar-refractivity contribution < 1.29 is 19.2 Å². The van der Waals surface area contributed by atoms with Crippen molar-refractivity contribution in [1.29, 1.82) is 0 Å². The van der Waals surface area contributed by atoms with Crippen molar-refractivity contribution in [3.63, 3.8) is 0 Å². The van der Waals surface area contributed by atoms with Gasteiger partial charge in [0.25, 0.3) is 0 Å². The molecule has 0 unspecified atom stereocenters. The minimum absolute atomic E-state index is 0.00717. The number of fused-ring (bicyclic) bond motifs is 8. The van der Waals surface area contributed by atoms with Crippen LogP contribution in [0.5, 0.6) is 0 Å². The van der Waals surface area contributed by atoms with Gasteiger partial charge in [0.2, 0.25) is 23.6 Å². The summed E-state index contributed by atoms with van der Waals surface area (Å²) in [7, 11) is 0. The van der Waals surface area contributed by atoms with Crippen molar-refractivity contribution in [2.75, 3.05) is 21.3 Å². The molecule has 0 atom stereocenters. The topological polar surface area (TPSA) is 449 Å². The Hall–Kier alpha value is -16.3. The van der Waals surface area contributed by atoms with Gasteiger partial charge < -0.3 is 41.2 Å². The number of rotatable bonds is 19. The zero-order valence-corrected chi connectivity index (χ0v) is 65.8. The second-order valence-electron chi connectivity index (χ2n) is 29.9. The lowest BCUT2D eigenvalue weighted by Gasteiger charge is -2.24. The van der Waals surface area contributed by atoms with Crippen LogP contribution in [0.3, 0.4) is 0 Å². The number of anilines is 4. The number of aromatic nitrogens is 24. The SMILES string of the molecule is CCCC(=O)Nc1cncc(-c2ccc3[nH]nc(-c4nc5ccncc5[nH]4)c3c2)c1.CCCCC(=O)Nc1cncc(-c2ccc3[nH]nc(-c4nc5ccncc5[nH]4)c3c2)c1.O=C(Nc1cncc(-c2ccc3[nH]nc(-c4nc5ccncc5[nH]4)c3c2)c1)C1CC1.O=C(Nc1cncc(-c2ccc3[nH]nc(-c4nc5ccncc5[nH]4)c3c2)c1)C1CCC1. The number of hydrogen-bond acceptors (Lipinski definition) is 20. The minimum Gasteiger partial charge on any atom is -0.335 e. The lowest BCUT2D eigenvalue weighted by Crippen LogP contribution is -2.28. The molecule has 22 rings (SSSR count). The summed E-state index contributed by atoms with van der Waals surface area (Å²) in [6, 6.07) is 39.4. The highest BCUT2D eigenvalue weighted by Crippen LogP contribution is 2.38. The standard InChI is InChI=1S/C23H19N7O.C23H21N7O.C22H17N7O.C22H19N7O/c31-23(13-2-1-3-13)26-16-8-15(10-25-11-16)14-4-5-18-17(9-14)21(30-29-18)22-27-19-6-7-24-12-20(19)28-22;1-2-3-4-21(31)26-16-9-15(11-25-12-16)14-5-6-18-17(10-14)22(30-29-18)23-27-19-7-8-24-13-20(19)28-23;30-22(12-1-2-12)25-15-7-14(9-24-10-15)13-3-4-17-16(8-13)20(29-28-17)21-26-18-5-6-23-11-19(18)27-21;1-2-3-20(30)25-15-8-14(10-24-11-15)13-4-5-17-16(9-13)21(29-28-17)22-26-18-6-7-23-12-19(18)27-22/h4-13H,1-3H2,(H,26,31)(H,27,28)(H,29,30);5-13H,2-4H2,1H3,(H,26,31)(H,27,28)(H,29,30);3-12H,1-2H2,(H,25,30)(H,26,27)(H,28,29);4-12H,2-3H2,1H3,(H,25,30)(H,26,27)(H,28,29). The van der Waals surface area contributed by atoms with Crippen molar-refractivity contribution >= 4 is 134 Å². The molecule has 4 amide bonds. The molecule has 0 saturated heterocycles. The normalized spacial score (nSPS) is 12.6. The molecule has 16 heterocycles. The zero-order chi connectivity index (χ0) is 82.6. The summed E-state index contributed by atoms with van der Waals surface area (Å²) in [5.41, 5.74) is 23.8. The fraction of sp³-hybridized carbons (Fsp3) is 0.156. The number of benzene rings is 4. The van der Waals surface area contributed by atoms with E-state index in [1.165, 1.54) is 0 Å². The van der Waals surface area contributed by atoms with E-state index >= 15 is 0 Å². The van der Waals surface area contributed by atoms with Crippen LogP contribution in [0.25, 0.3) is 178 Å². The molecule has 32 nitrogen and oxygen atoms in total. The summed E-state index contributed by atoms with van der Waals surface area (Å²) >= 11 is 0. The summed E-state index contributed by atoms with van der Waals surface area (Å²) in [5.74, 6) is 3.16. The Morgan fingerprint density at radius 1 is 0.311 bits per heavy atom. The summed E-state index contributed by atoms with van der Waals surface area (Å²) in [6.07, 6.45) is 36.4. The highest BCUT2D eigenvalue weighted by Gasteiger charge is 2.30. The molecule has 20 aromatic rings. The van der Waals surface area contributed by atoms with Crippen LogP contribution in [0.1, 0.15) is 78.1 Å². The average Bonchev–Trinajstić information content (AvgIpc) is 1.63. The Morgan fingerprint density at radius 2 is 0.615 bits per heavy atom. The predicted molar refractivity (Wildman–Crippen MR) is 468 cm³/mol. The lowest BCUT2D eigenvalue weighted by molar-refractivity contribution is -0.122. The number of unbranched alkanes of at least 4 members (excludes halogenated alkanes) is 1. The van der Waals surface area contributed by atoms with E-state index in [1.807, 2.05) is 110 Å². The third kappa shape index (κ3) is 16.2. The molecule has 122 heavy (non-hydrogen) atoms. The van der Waals surface area contributed by atoms with Gasteiger partial charge in [-0.05, 0) is 158 Å². The Morgan fingerprint density at radius 3 is 0.893 bits per heavy atom. The van der Waals surface area contributed by atoms with Crippen molar-refractivity contribution in [1.82, 2.24) is 121 Å². The third-order valence-corrected chi connectivity index (χ3v) is 21.3. The lowest BCUT2D eigenvalue weighted by atomic mass is 9.85. The van der Waals surface area contributed by atoms with Crippen LogP contribution >= 0.6 is 0 Å². The van der Waals surface area contributed by atoms with Crippen molar-refractivity contribution in [3.8, 4) is 90.6 Å². The molecule has 0 spiro atoms. The highest BCUT2D eigenvalue weighted by atomic mass is 16.2. The molecular formula is C90H76N28O4. The van der Waals surface area contributed by atoms with Gasteiger partial charge in [-0.15, -0.1) is 0 Å². The van der Waals surface area contributed by atoms with Crippen LogP contribution in [0.2, 0.25) is 0 Å². The number of imidazole rings is 4. The molecule has 600 valence electrons. The molecule has 0 bridgehead atoms. The van der Waals surface area contributed by atoms with Gasteiger partial charge in [0.15, 0.2) is 23.3 Å². The Labute approximate surface area is 692 Å². The van der Waals surface area contributed by atoms with Crippen molar-refractivity contribution in [3.05, 3.63) is 220 Å². The number of nitrogens with one attached hydrogen (secondary N) is 12. The maximum absolute atomic E-state index is 12.3. The first kappa shape index (κ1) is 75.7. The molecule has 12 N–H and O–H groups in total. The van der Waals surface area contributed by atoms with E-state index in [-0.39, 0.29) is 35.5 Å². The van der Waals surface area contributed by atoms with Crippen LogP contribution in [-0.4, -0.2) is 144 Å². The predicted octanol–water partition coefficient (Wildman–Crippen LogP) is 17.2. The average molecular weight is 1610 g/mol. The van der Waals surface area contributed by atoms with Crippen LogP contribution in [0, 0.1) is 11.8 Å². The van der Waals surface area contributed by atoms with E-state index in [9.17, 15) is 19.2 Å². The minimum atomic E-state index is -0.0107. The first-order chi connectivity index (χ1) is 59.9. The third-order valence-electron chi connectivity index (χ3n) is 21.3. The number of pyridine rings is 8. The number of nitrogens with zero attached hydrogens (tertiary/aromatic N) is 16. The molecule has 2 aliphatic rings. The monoisotopic (exact) mass is 1610 g/mol. The smallest absolute Gasteiger partial charge is 0.227 e. The number of carbonyl (C=O) groups excluding carboxylic acids is 4. The molecule has 16 aromatic heterocycles. The number of hydrogen-bond donors (Lipinski definition) is 12. The molecule has 2 aliphatic carbocycles. The Kier molecular flexibility index (Phi) is 20.7. The number of amides is 4. The summed E-state index contributed by atoms with van der Waals surface area (Å²) in [5, 5.41) is 45.7. The number of carbonyl (C=O) groups is 4. The second-order valence-corrected chi connectivity index (χ2v) is 29.9. The van der Waals surface area contributed by atoms with Gasteiger partial charge >= 0.3 is 0 Å². The fourth-order valence-corrected chi connectivity index (χ4v) is 14.6. The zero-order valence-electron chi connectivity index (χ0n) is 65.8. The first-order valence-corrected chi connectivity index (χ1v) is 40.1. The fourth-order valence-electron chi connectivity index (χ4n) is 14.6. The summed E-state index contributed by atoms with van der Waals surface area (Å²) in [4.78, 5) is 114. The first-order valence-electron chi connectivity index (χ1n) is 40.1. The molecule has 32 heteroatoms. The summed E-state index contributed by atoms with van der Waals surface area (Å²) in [6.45, 7) is 4.04. The van der Waals surface area contributed by atoms with Crippen molar-refractivity contribution in [2.24, 2.45) is 11.8 Å². The molecule has 0 radical (unpaired) electrons. The maximum atomic E-state index is 12.3. The van der Waals surface area contributed by atoms with Gasteiger partial charge in [-0.2, -0.15) is 20.4 Å². The Bertz CT molecular complexity index is 7190. The van der Waals surface area contributed by atoms with Gasteiger partial charge in [-0.3, -0.25) is 79.4 Å². The Balaban J connectivity index is 0.000000107. The van der Waals surface area contributed by atoms with Gasteiger partial charge in [0.1, 0.15) is 22.8 Å². The number of H-pyrrole nitrogens is 8. The van der Waals surface area contributed by atoms with Crippen LogP contribution in [0.4, 0.5) is 22.7 Å². The van der Waals surface area contributed by atoms with E-state index in [4.69, 9.17) is 0 Å². The van der Waals surface area contributed by atoms with Gasteiger partial charge in [-0.1, -0.05) is 51.0 Å². The van der Waals surface area contributed by atoms with Gasteiger partial charge in [0, 0.05) is 118 Å². The van der Waals surface area contributed by atoms with E-state index in [0.29, 0.717) is 58.9 Å². The van der Waals surface area contributed by atoms with E-state index in [2.05, 4.69) is 167 Å². The van der Waals surface area contributed by atoms with Crippen LogP contribution < -0.4 is 21.3 Å². The van der Waals surface area contributed by atoms with Crippen molar-refractivity contribution in [2.45, 2.75) is 78.1 Å². The summed E-state index contributed by atoms with van der Waals surface area (Å²) < 4.78 is 0. The van der Waals surface area contributed by atoms with Gasteiger partial charge in [0.05, 0.1) is 139 Å². The quantitative estimate of drug-likeness (QED) is 0.0358. The molecule has 4 aromatic carbocycles. The molecule has 2 fully saturated rings. The largest absolute Gasteiger partial charge is 0.335 e. The van der Waals surface area contributed by atoms with E-state index < -0.39 is 0 Å².